The van der Waals surface area contributed by atoms with Crippen LogP contribution in [0.15, 0.2) is 18.2 Å². The van der Waals surface area contributed by atoms with Crippen molar-refractivity contribution in [2.45, 2.75) is 40.5 Å². The Labute approximate surface area is 130 Å². The van der Waals surface area contributed by atoms with E-state index >= 15 is 0 Å². The quantitative estimate of drug-likeness (QED) is 0.759. The van der Waals surface area contributed by atoms with Crippen LogP contribution in [0.5, 0.6) is 0 Å². The summed E-state index contributed by atoms with van der Waals surface area (Å²) in [6.45, 7) is 7.89. The smallest absolute Gasteiger partial charge is 0.242 e. The van der Waals surface area contributed by atoms with E-state index in [1.165, 1.54) is 0 Å². The fraction of sp³-hybridized carbons (Fsp3) is 0.412. The second kappa shape index (κ2) is 6.64. The number of fused-ring (bicyclic) bond motifs is 1. The van der Waals surface area contributed by atoms with Gasteiger partial charge in [-0.1, -0.05) is 25.5 Å². The van der Waals surface area contributed by atoms with Crippen LogP contribution in [0, 0.1) is 19.8 Å². The summed E-state index contributed by atoms with van der Waals surface area (Å²) in [7, 11) is 0. The van der Waals surface area contributed by atoms with Crippen LogP contribution in [0.2, 0.25) is 0 Å². The van der Waals surface area contributed by atoms with Gasteiger partial charge in [0.1, 0.15) is 0 Å². The van der Waals surface area contributed by atoms with Crippen LogP contribution in [-0.2, 0) is 16.0 Å². The van der Waals surface area contributed by atoms with Crippen molar-refractivity contribution in [3.63, 3.8) is 0 Å². The van der Waals surface area contributed by atoms with Gasteiger partial charge in [-0.2, -0.15) is 0 Å². The van der Waals surface area contributed by atoms with Crippen LogP contribution in [-0.4, -0.2) is 16.8 Å². The van der Waals surface area contributed by atoms with Crippen molar-refractivity contribution in [3.05, 3.63) is 35.0 Å². The van der Waals surface area contributed by atoms with Crippen LogP contribution in [0.3, 0.4) is 0 Å². The lowest BCUT2D eigenvalue weighted by molar-refractivity contribution is -0.129. The predicted octanol–water partition coefficient (Wildman–Crippen LogP) is 2.52. The Kier molecular flexibility index (Phi) is 4.85. The molecule has 5 nitrogen and oxygen atoms in total. The number of hydrogen-bond acceptors (Lipinski definition) is 2. The van der Waals surface area contributed by atoms with Crippen molar-refractivity contribution in [1.82, 2.24) is 15.8 Å². The molecule has 0 saturated carbocycles. The topological polar surface area (TPSA) is 74.0 Å². The fourth-order valence-corrected chi connectivity index (χ4v) is 2.49. The monoisotopic (exact) mass is 301 g/mol. The summed E-state index contributed by atoms with van der Waals surface area (Å²) in [5.41, 5.74) is 9.05. The molecule has 0 bridgehead atoms. The summed E-state index contributed by atoms with van der Waals surface area (Å²) >= 11 is 0. The van der Waals surface area contributed by atoms with E-state index in [1.54, 1.807) is 0 Å². The number of carbonyl (C=O) groups is 2. The van der Waals surface area contributed by atoms with Gasteiger partial charge in [-0.3, -0.25) is 20.4 Å². The first-order valence-corrected chi connectivity index (χ1v) is 7.52. The summed E-state index contributed by atoms with van der Waals surface area (Å²) < 4.78 is 0. The molecule has 0 aliphatic heterocycles. The van der Waals surface area contributed by atoms with E-state index in [-0.39, 0.29) is 24.2 Å². The van der Waals surface area contributed by atoms with Crippen LogP contribution >= 0.6 is 0 Å². The SMILES string of the molecule is Cc1ccc2[nH]c(C)c(CC(=O)NNC(=O)CC(C)C)c2c1. The van der Waals surface area contributed by atoms with Gasteiger partial charge in [-0.05, 0) is 37.5 Å². The van der Waals surface area contributed by atoms with Crippen LogP contribution in [0.25, 0.3) is 10.9 Å². The Morgan fingerprint density at radius 2 is 1.82 bits per heavy atom. The molecule has 0 aliphatic carbocycles. The second-order valence-corrected chi connectivity index (χ2v) is 6.15. The number of H-pyrrole nitrogens is 1. The number of amides is 2. The van der Waals surface area contributed by atoms with Gasteiger partial charge in [0.25, 0.3) is 0 Å². The van der Waals surface area contributed by atoms with Gasteiger partial charge in [0.15, 0.2) is 0 Å². The molecule has 0 spiro atoms. The van der Waals surface area contributed by atoms with Gasteiger partial charge in [-0.15, -0.1) is 0 Å². The highest BCUT2D eigenvalue weighted by atomic mass is 16.2. The zero-order chi connectivity index (χ0) is 16.3. The Hall–Kier alpha value is -2.30. The van der Waals surface area contributed by atoms with Crippen molar-refractivity contribution in [2.75, 3.05) is 0 Å². The Balaban J connectivity index is 2.04. The lowest BCUT2D eigenvalue weighted by atomic mass is 10.1. The van der Waals surface area contributed by atoms with Gasteiger partial charge in [0.2, 0.25) is 11.8 Å². The first-order valence-electron chi connectivity index (χ1n) is 7.52. The van der Waals surface area contributed by atoms with Crippen LogP contribution < -0.4 is 10.9 Å². The summed E-state index contributed by atoms with van der Waals surface area (Å²) in [6.07, 6.45) is 0.628. The second-order valence-electron chi connectivity index (χ2n) is 6.15. The number of aromatic nitrogens is 1. The minimum absolute atomic E-state index is 0.171. The number of carbonyl (C=O) groups excluding carboxylic acids is 2. The van der Waals surface area contributed by atoms with Crippen molar-refractivity contribution in [3.8, 4) is 0 Å². The van der Waals surface area contributed by atoms with Gasteiger partial charge in [-0.25, -0.2) is 0 Å². The third-order valence-electron chi connectivity index (χ3n) is 3.55. The van der Waals surface area contributed by atoms with Crippen LogP contribution in [0.4, 0.5) is 0 Å². The van der Waals surface area contributed by atoms with Crippen molar-refractivity contribution in [1.29, 1.82) is 0 Å². The summed E-state index contributed by atoms with van der Waals surface area (Å²) in [4.78, 5) is 26.9. The number of hydrazine groups is 1. The summed E-state index contributed by atoms with van der Waals surface area (Å²) in [6, 6.07) is 6.12. The lowest BCUT2D eigenvalue weighted by Gasteiger charge is -2.09. The summed E-state index contributed by atoms with van der Waals surface area (Å²) in [5, 5.41) is 1.06. The maximum atomic E-state index is 12.0. The molecule has 1 heterocycles. The van der Waals surface area contributed by atoms with Gasteiger partial charge in [0.05, 0.1) is 6.42 Å². The molecule has 2 rings (SSSR count). The van der Waals surface area contributed by atoms with Crippen molar-refractivity contribution in [2.24, 2.45) is 5.92 Å². The molecule has 2 amide bonds. The summed E-state index contributed by atoms with van der Waals surface area (Å²) in [5.74, 6) is -0.131. The van der Waals surface area contributed by atoms with Crippen molar-refractivity contribution < 1.29 is 9.59 Å². The van der Waals surface area contributed by atoms with E-state index in [4.69, 9.17) is 0 Å². The molecule has 5 heteroatoms. The fourth-order valence-electron chi connectivity index (χ4n) is 2.49. The molecule has 3 N–H and O–H groups in total. The van der Waals surface area contributed by atoms with E-state index in [2.05, 4.69) is 21.9 Å². The Bertz CT molecular complexity index is 701. The highest BCUT2D eigenvalue weighted by Crippen LogP contribution is 2.23. The zero-order valence-corrected chi connectivity index (χ0v) is 13.5. The van der Waals surface area contributed by atoms with Gasteiger partial charge in [0, 0.05) is 23.0 Å². The van der Waals surface area contributed by atoms with Gasteiger partial charge >= 0.3 is 0 Å². The molecule has 22 heavy (non-hydrogen) atoms. The standard InChI is InChI=1S/C17H23N3O2/c1-10(2)7-16(21)19-20-17(22)9-13-12(4)18-15-6-5-11(3)8-14(13)15/h5-6,8,10,18H,7,9H2,1-4H3,(H,19,21)(H,20,22). The number of nitrogens with one attached hydrogen (secondary N) is 3. The molecule has 0 saturated heterocycles. The van der Waals surface area contributed by atoms with E-state index in [1.807, 2.05) is 39.8 Å². The average Bonchev–Trinajstić information content (AvgIpc) is 2.72. The molecular formula is C17H23N3O2. The minimum Gasteiger partial charge on any atom is -0.358 e. The zero-order valence-electron chi connectivity index (χ0n) is 13.5. The van der Waals surface area contributed by atoms with Gasteiger partial charge < -0.3 is 4.98 Å². The van der Waals surface area contributed by atoms with E-state index in [0.717, 1.165) is 27.7 Å². The van der Waals surface area contributed by atoms with E-state index < -0.39 is 0 Å². The lowest BCUT2D eigenvalue weighted by Crippen LogP contribution is -2.42. The van der Waals surface area contributed by atoms with E-state index in [9.17, 15) is 9.59 Å². The molecule has 0 fully saturated rings. The Morgan fingerprint density at radius 3 is 2.50 bits per heavy atom. The molecule has 118 valence electrons. The molecule has 1 aromatic carbocycles. The van der Waals surface area contributed by atoms with Crippen molar-refractivity contribution >= 4 is 22.7 Å². The third-order valence-corrected chi connectivity index (χ3v) is 3.55. The largest absolute Gasteiger partial charge is 0.358 e. The van der Waals surface area contributed by atoms with Crippen LogP contribution in [0.1, 0.15) is 37.1 Å². The first-order chi connectivity index (χ1) is 10.4. The molecule has 1 aromatic heterocycles. The Morgan fingerprint density at radius 1 is 1.14 bits per heavy atom. The third kappa shape index (κ3) is 3.87. The molecular weight excluding hydrogens is 278 g/mol. The maximum Gasteiger partial charge on any atom is 0.242 e. The molecule has 0 radical (unpaired) electrons. The first kappa shape index (κ1) is 16.1. The number of aromatic amines is 1. The average molecular weight is 301 g/mol. The molecule has 0 atom stereocenters. The molecule has 2 aromatic rings. The minimum atomic E-state index is -0.220. The molecule has 0 aliphatic rings. The number of hydrogen-bond donors (Lipinski definition) is 3. The maximum absolute atomic E-state index is 12.0. The highest BCUT2D eigenvalue weighted by Gasteiger charge is 2.13. The normalized spacial score (nSPS) is 11.0. The molecule has 0 unspecified atom stereocenters. The number of benzene rings is 1. The van der Waals surface area contributed by atoms with E-state index in [0.29, 0.717) is 6.42 Å². The predicted molar refractivity (Wildman–Crippen MR) is 87.2 cm³/mol. The highest BCUT2D eigenvalue weighted by molar-refractivity contribution is 5.91. The number of aryl methyl sites for hydroxylation is 2. The number of rotatable bonds is 4.